The van der Waals surface area contributed by atoms with Crippen molar-refractivity contribution in [3.8, 4) is 56.4 Å². The average molecular weight is 912 g/mol. The van der Waals surface area contributed by atoms with Gasteiger partial charge in [-0.25, -0.2) is 15.0 Å². The number of benzene rings is 10. The van der Waals surface area contributed by atoms with Crippen molar-refractivity contribution in [3.63, 3.8) is 0 Å². The lowest BCUT2D eigenvalue weighted by molar-refractivity contribution is 0.668. The maximum Gasteiger partial charge on any atom is 0.164 e. The van der Waals surface area contributed by atoms with Crippen LogP contribution in [-0.2, 0) is 5.41 Å². The van der Waals surface area contributed by atoms with Crippen LogP contribution in [0, 0.1) is 0 Å². The fourth-order valence-electron chi connectivity index (χ4n) is 11.4. The van der Waals surface area contributed by atoms with Gasteiger partial charge in [-0.1, -0.05) is 170 Å². The Morgan fingerprint density at radius 2 is 0.871 bits per heavy atom. The molecular formula is C64H37N3O2S. The molecule has 6 heteroatoms. The molecular weight excluding hydrogens is 875 g/mol. The zero-order valence-corrected chi connectivity index (χ0v) is 38.2. The second-order valence-electron chi connectivity index (χ2n) is 18.2. The van der Waals surface area contributed by atoms with Gasteiger partial charge >= 0.3 is 0 Å². The fourth-order valence-corrected chi connectivity index (χ4v) is 12.5. The van der Waals surface area contributed by atoms with Crippen LogP contribution in [0.25, 0.3) is 120 Å². The van der Waals surface area contributed by atoms with Crippen molar-refractivity contribution in [1.29, 1.82) is 0 Å². The number of hydrogen-bond acceptors (Lipinski definition) is 6. The summed E-state index contributed by atoms with van der Waals surface area (Å²) < 4.78 is 15.5. The normalized spacial score (nSPS) is 13.0. The molecule has 15 rings (SSSR count). The number of thiophene rings is 1. The predicted molar refractivity (Wildman–Crippen MR) is 286 cm³/mol. The lowest BCUT2D eigenvalue weighted by Crippen LogP contribution is -2.28. The summed E-state index contributed by atoms with van der Waals surface area (Å²) in [5.41, 5.74) is 15.1. The minimum absolute atomic E-state index is 0.507. The summed E-state index contributed by atoms with van der Waals surface area (Å²) >= 11 is 1.78. The van der Waals surface area contributed by atoms with Crippen molar-refractivity contribution in [1.82, 2.24) is 15.0 Å². The number of aromatic nitrogens is 3. The van der Waals surface area contributed by atoms with E-state index in [2.05, 4.69) is 194 Å². The van der Waals surface area contributed by atoms with Crippen LogP contribution in [0.4, 0.5) is 0 Å². The Balaban J connectivity index is 0.939. The van der Waals surface area contributed by atoms with E-state index in [0.717, 1.165) is 77.1 Å². The molecule has 0 N–H and O–H groups in total. The van der Waals surface area contributed by atoms with E-state index >= 15 is 0 Å². The predicted octanol–water partition coefficient (Wildman–Crippen LogP) is 17.1. The van der Waals surface area contributed by atoms with Gasteiger partial charge in [0.2, 0.25) is 0 Å². The van der Waals surface area contributed by atoms with E-state index in [1.54, 1.807) is 11.3 Å². The monoisotopic (exact) mass is 911 g/mol. The van der Waals surface area contributed by atoms with Gasteiger partial charge in [0.15, 0.2) is 17.5 Å². The van der Waals surface area contributed by atoms with Crippen molar-refractivity contribution in [2.45, 2.75) is 5.41 Å². The number of rotatable bonds is 6. The van der Waals surface area contributed by atoms with E-state index in [0.29, 0.717) is 17.5 Å². The highest BCUT2D eigenvalue weighted by Gasteiger charge is 2.46. The highest BCUT2D eigenvalue weighted by Crippen LogP contribution is 2.57. The summed E-state index contributed by atoms with van der Waals surface area (Å²) in [5, 5.41) is 6.38. The summed E-state index contributed by atoms with van der Waals surface area (Å²) in [5.74, 6) is 1.72. The van der Waals surface area contributed by atoms with Crippen LogP contribution in [0.1, 0.15) is 22.3 Å². The third-order valence-electron chi connectivity index (χ3n) is 14.4. The Morgan fingerprint density at radius 1 is 0.314 bits per heavy atom. The maximum absolute atomic E-state index is 6.69. The summed E-state index contributed by atoms with van der Waals surface area (Å²) in [6.07, 6.45) is 0. The molecule has 10 aromatic carbocycles. The van der Waals surface area contributed by atoms with Gasteiger partial charge in [0.05, 0.1) is 5.41 Å². The van der Waals surface area contributed by atoms with Crippen LogP contribution in [0.5, 0.6) is 0 Å². The molecule has 0 spiro atoms. The van der Waals surface area contributed by atoms with Crippen molar-refractivity contribution >= 4 is 75.4 Å². The molecule has 0 radical (unpaired) electrons. The van der Waals surface area contributed by atoms with E-state index in [4.69, 9.17) is 23.8 Å². The Morgan fingerprint density at radius 3 is 1.70 bits per heavy atom. The first kappa shape index (κ1) is 39.1. The summed E-state index contributed by atoms with van der Waals surface area (Å²) in [4.78, 5) is 16.0. The molecule has 1 aliphatic carbocycles. The molecule has 0 atom stereocenters. The minimum atomic E-state index is -0.507. The summed E-state index contributed by atoms with van der Waals surface area (Å²) in [6, 6.07) is 79.9. The van der Waals surface area contributed by atoms with Crippen molar-refractivity contribution in [2.75, 3.05) is 0 Å². The molecule has 0 saturated heterocycles. The van der Waals surface area contributed by atoms with Crippen LogP contribution in [0.15, 0.2) is 233 Å². The lowest BCUT2D eigenvalue weighted by atomic mass is 9.67. The van der Waals surface area contributed by atoms with E-state index in [1.165, 1.54) is 48.2 Å². The smallest absolute Gasteiger partial charge is 0.164 e. The molecule has 0 unspecified atom stereocenters. The van der Waals surface area contributed by atoms with E-state index in [-0.39, 0.29) is 0 Å². The van der Waals surface area contributed by atoms with Crippen LogP contribution < -0.4 is 0 Å². The van der Waals surface area contributed by atoms with Crippen LogP contribution >= 0.6 is 11.3 Å². The third-order valence-corrected chi connectivity index (χ3v) is 15.6. The number of fused-ring (bicyclic) bond motifs is 12. The Hall–Kier alpha value is -8.97. The summed E-state index contributed by atoms with van der Waals surface area (Å²) in [7, 11) is 0. The molecule has 14 aromatic rings. The zero-order chi connectivity index (χ0) is 45.9. The lowest BCUT2D eigenvalue weighted by Gasteiger charge is -2.34. The topological polar surface area (TPSA) is 65.0 Å². The second kappa shape index (κ2) is 15.0. The van der Waals surface area contributed by atoms with Gasteiger partial charge in [-0.2, -0.15) is 0 Å². The van der Waals surface area contributed by atoms with Gasteiger partial charge in [-0.15, -0.1) is 11.3 Å². The molecule has 0 bridgehead atoms. The van der Waals surface area contributed by atoms with Crippen molar-refractivity contribution in [3.05, 3.63) is 247 Å². The molecule has 0 fully saturated rings. The van der Waals surface area contributed by atoms with E-state index in [9.17, 15) is 0 Å². The first-order valence-electron chi connectivity index (χ1n) is 23.6. The standard InChI is InChI=1S/C64H37N3O2S/c1-3-15-41(16-4-1)64(42-17-5-2-6-18-42)51-24-10-7-19-43(51)44-32-29-39(36-52(44)64)38-31-34-54-50(35-38)59-48(22-13-26-55(59)68-54)62-65-61(40-30-33-46-45-20-8-11-25-53(45)69-56(46)37-40)66-63(67-62)49-23-14-28-58-60(49)47-21-9-12-27-57(47)70-58/h1-37H. The number of para-hydroxylation sites is 1. The summed E-state index contributed by atoms with van der Waals surface area (Å²) in [6.45, 7) is 0. The van der Waals surface area contributed by atoms with Gasteiger partial charge in [0.25, 0.3) is 0 Å². The molecule has 70 heavy (non-hydrogen) atoms. The quantitative estimate of drug-likeness (QED) is 0.166. The Bertz CT molecular complexity index is 4390. The molecule has 1 aliphatic rings. The molecule has 5 nitrogen and oxygen atoms in total. The molecule has 4 aromatic heterocycles. The van der Waals surface area contributed by atoms with Gasteiger partial charge < -0.3 is 8.83 Å². The first-order chi connectivity index (χ1) is 34.7. The third kappa shape index (κ3) is 5.68. The molecule has 0 saturated carbocycles. The van der Waals surface area contributed by atoms with Crippen LogP contribution in [-0.4, -0.2) is 15.0 Å². The van der Waals surface area contributed by atoms with Gasteiger partial charge in [-0.05, 0) is 99.1 Å². The van der Waals surface area contributed by atoms with E-state index < -0.39 is 5.41 Å². The largest absolute Gasteiger partial charge is 0.456 e. The fraction of sp³-hybridized carbons (Fsp3) is 0.0156. The Labute approximate surface area is 405 Å². The minimum Gasteiger partial charge on any atom is -0.456 e. The molecule has 0 amide bonds. The Kier molecular flexibility index (Phi) is 8.38. The SMILES string of the molecule is c1ccc(C2(c3ccccc3)c3ccccc3-c3ccc(-c4ccc5oc6cccc(-c7nc(-c8ccc9c(c8)oc8ccccc89)nc(-c8cccc9sc%10ccccc%10c89)n7)c6c5c4)cc32)cc1. The maximum atomic E-state index is 6.69. The van der Waals surface area contributed by atoms with Crippen molar-refractivity contribution < 1.29 is 8.83 Å². The number of hydrogen-bond donors (Lipinski definition) is 0. The molecule has 4 heterocycles. The highest BCUT2D eigenvalue weighted by atomic mass is 32.1. The van der Waals surface area contributed by atoms with Gasteiger partial charge in [-0.3, -0.25) is 0 Å². The van der Waals surface area contributed by atoms with Gasteiger partial charge in [0.1, 0.15) is 22.3 Å². The number of nitrogens with zero attached hydrogens (tertiary/aromatic N) is 3. The van der Waals surface area contributed by atoms with Crippen LogP contribution in [0.2, 0.25) is 0 Å². The molecule has 326 valence electrons. The van der Waals surface area contributed by atoms with Crippen LogP contribution in [0.3, 0.4) is 0 Å². The van der Waals surface area contributed by atoms with Crippen molar-refractivity contribution in [2.24, 2.45) is 0 Å². The zero-order valence-electron chi connectivity index (χ0n) is 37.4. The van der Waals surface area contributed by atoms with E-state index in [1.807, 2.05) is 30.3 Å². The first-order valence-corrected chi connectivity index (χ1v) is 24.4. The second-order valence-corrected chi connectivity index (χ2v) is 19.3. The average Bonchev–Trinajstić information content (AvgIpc) is 4.19. The van der Waals surface area contributed by atoms with Gasteiger partial charge in [0, 0.05) is 58.4 Å². The number of furan rings is 2. The molecule has 0 aliphatic heterocycles. The highest BCUT2D eigenvalue weighted by molar-refractivity contribution is 7.25.